The second kappa shape index (κ2) is 9.15. The van der Waals surface area contributed by atoms with Gasteiger partial charge in [-0.15, -0.1) is 0 Å². The van der Waals surface area contributed by atoms with Crippen LogP contribution in [0.4, 0.5) is 17.1 Å². The highest BCUT2D eigenvalue weighted by Gasteiger charge is 2.17. The SMILES string of the molecule is COc1cccc(C(=O)Nc2ccc(N(c3ccccc3)C(C)C)cc2)c1OC. The van der Waals surface area contributed by atoms with Crippen molar-refractivity contribution in [3.05, 3.63) is 78.4 Å². The van der Waals surface area contributed by atoms with Crippen LogP contribution in [0.1, 0.15) is 24.2 Å². The molecule has 0 fully saturated rings. The van der Waals surface area contributed by atoms with Gasteiger partial charge >= 0.3 is 0 Å². The molecule has 0 atom stereocenters. The fourth-order valence-electron chi connectivity index (χ4n) is 3.30. The highest BCUT2D eigenvalue weighted by Crippen LogP contribution is 2.32. The maximum atomic E-state index is 12.8. The minimum absolute atomic E-state index is 0.253. The van der Waals surface area contributed by atoms with E-state index in [0.717, 1.165) is 11.4 Å². The largest absolute Gasteiger partial charge is 0.493 e. The first-order valence-corrected chi connectivity index (χ1v) is 9.52. The van der Waals surface area contributed by atoms with Crippen molar-refractivity contribution < 1.29 is 14.3 Å². The van der Waals surface area contributed by atoms with Crippen LogP contribution in [0.25, 0.3) is 0 Å². The number of nitrogens with zero attached hydrogens (tertiary/aromatic N) is 1. The van der Waals surface area contributed by atoms with Gasteiger partial charge in [0.15, 0.2) is 11.5 Å². The number of nitrogens with one attached hydrogen (secondary N) is 1. The molecule has 0 bridgehead atoms. The van der Waals surface area contributed by atoms with Gasteiger partial charge < -0.3 is 19.7 Å². The van der Waals surface area contributed by atoms with E-state index in [1.807, 2.05) is 42.5 Å². The fourth-order valence-corrected chi connectivity index (χ4v) is 3.30. The highest BCUT2D eigenvalue weighted by molar-refractivity contribution is 6.06. The Morgan fingerprint density at radius 3 is 2.07 bits per heavy atom. The molecule has 0 radical (unpaired) electrons. The Hall–Kier alpha value is -3.47. The number of amides is 1. The number of para-hydroxylation sites is 2. The number of hydrogen-bond donors (Lipinski definition) is 1. The van der Waals surface area contributed by atoms with Crippen molar-refractivity contribution in [1.29, 1.82) is 0 Å². The molecule has 3 aromatic carbocycles. The molecule has 0 saturated heterocycles. The van der Waals surface area contributed by atoms with Crippen LogP contribution in [0.5, 0.6) is 11.5 Å². The molecule has 1 amide bonds. The molecule has 29 heavy (non-hydrogen) atoms. The van der Waals surface area contributed by atoms with Gasteiger partial charge in [-0.3, -0.25) is 4.79 Å². The Bertz CT molecular complexity index is 954. The maximum absolute atomic E-state index is 12.8. The number of ether oxygens (including phenoxy) is 2. The van der Waals surface area contributed by atoms with E-state index in [4.69, 9.17) is 9.47 Å². The number of rotatable bonds is 7. The summed E-state index contributed by atoms with van der Waals surface area (Å²) < 4.78 is 10.6. The average Bonchev–Trinajstić information content (AvgIpc) is 2.75. The predicted molar refractivity (Wildman–Crippen MR) is 118 cm³/mol. The molecule has 3 aromatic rings. The lowest BCUT2D eigenvalue weighted by molar-refractivity contribution is 0.102. The Balaban J connectivity index is 1.81. The maximum Gasteiger partial charge on any atom is 0.259 e. The molecule has 1 N–H and O–H groups in total. The Kier molecular flexibility index (Phi) is 6.39. The quantitative estimate of drug-likeness (QED) is 0.578. The number of carbonyl (C=O) groups is 1. The lowest BCUT2D eigenvalue weighted by Crippen LogP contribution is -2.25. The van der Waals surface area contributed by atoms with Gasteiger partial charge in [0.1, 0.15) is 0 Å². The number of carbonyl (C=O) groups excluding carboxylic acids is 1. The van der Waals surface area contributed by atoms with E-state index < -0.39 is 0 Å². The van der Waals surface area contributed by atoms with Crippen LogP contribution in [-0.4, -0.2) is 26.2 Å². The van der Waals surface area contributed by atoms with Gasteiger partial charge in [0.05, 0.1) is 19.8 Å². The van der Waals surface area contributed by atoms with Gasteiger partial charge in [-0.1, -0.05) is 24.3 Å². The summed E-state index contributed by atoms with van der Waals surface area (Å²) in [5.41, 5.74) is 3.31. The minimum Gasteiger partial charge on any atom is -0.493 e. The van der Waals surface area contributed by atoms with Gasteiger partial charge in [-0.05, 0) is 62.4 Å². The molecular formula is C24H26N2O3. The minimum atomic E-state index is -0.253. The van der Waals surface area contributed by atoms with Crippen LogP contribution in [0, 0.1) is 0 Å². The van der Waals surface area contributed by atoms with Gasteiger partial charge in [0.2, 0.25) is 0 Å². The molecule has 0 aliphatic heterocycles. The normalized spacial score (nSPS) is 10.5. The second-order valence-electron chi connectivity index (χ2n) is 6.84. The molecule has 0 aliphatic rings. The van der Waals surface area contributed by atoms with E-state index in [-0.39, 0.29) is 5.91 Å². The Morgan fingerprint density at radius 1 is 0.828 bits per heavy atom. The molecule has 3 rings (SSSR count). The monoisotopic (exact) mass is 390 g/mol. The number of methoxy groups -OCH3 is 2. The zero-order valence-electron chi connectivity index (χ0n) is 17.2. The van der Waals surface area contributed by atoms with Crippen molar-refractivity contribution in [2.45, 2.75) is 19.9 Å². The molecule has 0 aliphatic carbocycles. The van der Waals surface area contributed by atoms with Gasteiger partial charge in [-0.25, -0.2) is 0 Å². The summed E-state index contributed by atoms with van der Waals surface area (Å²) in [6.07, 6.45) is 0. The Labute approximate surface area is 171 Å². The summed E-state index contributed by atoms with van der Waals surface area (Å²) in [5, 5.41) is 2.93. The van der Waals surface area contributed by atoms with E-state index in [2.05, 4.69) is 36.2 Å². The zero-order valence-corrected chi connectivity index (χ0v) is 17.2. The fraction of sp³-hybridized carbons (Fsp3) is 0.208. The molecule has 0 aromatic heterocycles. The highest BCUT2D eigenvalue weighted by atomic mass is 16.5. The van der Waals surface area contributed by atoms with Crippen LogP contribution >= 0.6 is 0 Å². The standard InChI is InChI=1S/C24H26N2O3/c1-17(2)26(19-9-6-5-7-10-19)20-15-13-18(14-16-20)25-24(27)21-11-8-12-22(28-3)23(21)29-4/h5-17H,1-4H3,(H,25,27). The average molecular weight is 390 g/mol. The summed E-state index contributed by atoms with van der Waals surface area (Å²) >= 11 is 0. The van der Waals surface area contributed by atoms with Crippen molar-refractivity contribution in [2.75, 3.05) is 24.4 Å². The lowest BCUT2D eigenvalue weighted by Gasteiger charge is -2.29. The van der Waals surface area contributed by atoms with E-state index in [9.17, 15) is 4.79 Å². The van der Waals surface area contributed by atoms with Crippen LogP contribution in [0.3, 0.4) is 0 Å². The summed E-state index contributed by atoms with van der Waals surface area (Å²) in [4.78, 5) is 15.0. The Morgan fingerprint density at radius 2 is 1.48 bits per heavy atom. The molecule has 5 nitrogen and oxygen atoms in total. The third kappa shape index (κ3) is 4.51. The zero-order chi connectivity index (χ0) is 20.8. The van der Waals surface area contributed by atoms with Crippen molar-refractivity contribution in [3.8, 4) is 11.5 Å². The summed E-state index contributed by atoms with van der Waals surface area (Å²) in [6, 6.07) is 23.6. The lowest BCUT2D eigenvalue weighted by atomic mass is 10.1. The van der Waals surface area contributed by atoms with Crippen LogP contribution < -0.4 is 19.7 Å². The molecular weight excluding hydrogens is 364 g/mol. The van der Waals surface area contributed by atoms with Crippen molar-refractivity contribution in [2.24, 2.45) is 0 Å². The van der Waals surface area contributed by atoms with Crippen molar-refractivity contribution in [3.63, 3.8) is 0 Å². The molecule has 0 saturated carbocycles. The summed E-state index contributed by atoms with van der Waals surface area (Å²) in [7, 11) is 3.07. The number of hydrogen-bond acceptors (Lipinski definition) is 4. The first-order chi connectivity index (χ1) is 14.0. The summed E-state index contributed by atoms with van der Waals surface area (Å²) in [6.45, 7) is 4.30. The summed E-state index contributed by atoms with van der Waals surface area (Å²) in [5.74, 6) is 0.683. The van der Waals surface area contributed by atoms with E-state index in [1.54, 1.807) is 25.3 Å². The smallest absolute Gasteiger partial charge is 0.259 e. The third-order valence-corrected chi connectivity index (χ3v) is 4.60. The molecule has 0 heterocycles. The topological polar surface area (TPSA) is 50.8 Å². The van der Waals surface area contributed by atoms with Gasteiger partial charge in [0, 0.05) is 23.1 Å². The molecule has 0 unspecified atom stereocenters. The van der Waals surface area contributed by atoms with E-state index in [1.165, 1.54) is 7.11 Å². The van der Waals surface area contributed by atoms with E-state index in [0.29, 0.717) is 28.8 Å². The van der Waals surface area contributed by atoms with Crippen molar-refractivity contribution in [1.82, 2.24) is 0 Å². The van der Waals surface area contributed by atoms with Crippen LogP contribution in [-0.2, 0) is 0 Å². The molecule has 150 valence electrons. The number of benzene rings is 3. The molecule has 0 spiro atoms. The third-order valence-electron chi connectivity index (χ3n) is 4.60. The molecule has 5 heteroatoms. The first-order valence-electron chi connectivity index (χ1n) is 9.52. The van der Waals surface area contributed by atoms with Gasteiger partial charge in [0.25, 0.3) is 5.91 Å². The van der Waals surface area contributed by atoms with Crippen LogP contribution in [0.2, 0.25) is 0 Å². The second-order valence-corrected chi connectivity index (χ2v) is 6.84. The van der Waals surface area contributed by atoms with Gasteiger partial charge in [-0.2, -0.15) is 0 Å². The first kappa shape index (κ1) is 20.3. The van der Waals surface area contributed by atoms with Crippen molar-refractivity contribution >= 4 is 23.0 Å². The van der Waals surface area contributed by atoms with Crippen LogP contribution in [0.15, 0.2) is 72.8 Å². The number of anilines is 3. The van der Waals surface area contributed by atoms with E-state index >= 15 is 0 Å². The predicted octanol–water partition coefficient (Wildman–Crippen LogP) is 5.50.